The summed E-state index contributed by atoms with van der Waals surface area (Å²) in [4.78, 5) is 94.2. The van der Waals surface area contributed by atoms with Gasteiger partial charge in [0, 0.05) is 18.6 Å². The molecule has 0 aliphatic carbocycles. The molecule has 0 saturated heterocycles. The number of nitro benzene ring substituents is 1. The van der Waals surface area contributed by atoms with Crippen molar-refractivity contribution < 1.29 is 112 Å². The van der Waals surface area contributed by atoms with Crippen LogP contribution in [-0.2, 0) is 46.2 Å². The van der Waals surface area contributed by atoms with Crippen LogP contribution < -0.4 is 29.6 Å². The van der Waals surface area contributed by atoms with E-state index in [-0.39, 0.29) is 67.8 Å². The number of amides is 2. The Hall–Kier alpha value is -7.65. The molecule has 5 rings (SSSR count). The second-order valence-corrected chi connectivity index (χ2v) is 19.9. The summed E-state index contributed by atoms with van der Waals surface area (Å²) >= 11 is 17.2. The number of nitrogens with one attached hydrogen (secondary N) is 3. The quantitative estimate of drug-likeness (QED) is 0.0133. The molecule has 1 aromatic heterocycles. The van der Waals surface area contributed by atoms with Gasteiger partial charge in [0.2, 0.25) is 5.95 Å². The summed E-state index contributed by atoms with van der Waals surface area (Å²) in [5.74, 6) is -4.63. The van der Waals surface area contributed by atoms with E-state index in [4.69, 9.17) is 78.5 Å². The van der Waals surface area contributed by atoms with Crippen molar-refractivity contribution >= 4 is 94.0 Å². The molecule has 4 aromatic carbocycles. The first-order chi connectivity index (χ1) is 37.9. The van der Waals surface area contributed by atoms with Gasteiger partial charge in [-0.3, -0.25) is 30.1 Å². The highest BCUT2D eigenvalue weighted by Crippen LogP contribution is 2.38. The zero-order valence-electron chi connectivity index (χ0n) is 42.5. The van der Waals surface area contributed by atoms with Crippen LogP contribution in [-0.4, -0.2) is 124 Å². The zero-order chi connectivity index (χ0) is 62.5. The Bertz CT molecular complexity index is 3270. The number of benzene rings is 4. The minimum atomic E-state index is -4.61. The predicted octanol–water partition coefficient (Wildman–Crippen LogP) is 8.86. The number of carboxylic acids is 2. The predicted molar refractivity (Wildman–Crippen MR) is 275 cm³/mol. The number of carbonyl (C=O) groups excluding carboxylic acids is 3. The highest BCUT2D eigenvalue weighted by molar-refractivity contribution is 7.90. The number of nitrogens with zero attached hydrogens (tertiary/aromatic N) is 4. The number of anilines is 1. The van der Waals surface area contributed by atoms with Crippen LogP contribution in [0, 0.1) is 17.0 Å². The van der Waals surface area contributed by atoms with E-state index in [1.807, 2.05) is 0 Å². The molecule has 1 unspecified atom stereocenters. The number of sulfonamides is 1. The van der Waals surface area contributed by atoms with Crippen molar-refractivity contribution in [2.45, 2.75) is 57.0 Å². The first-order valence-electron chi connectivity index (χ1n) is 22.1. The number of nitro groups is 1. The molecule has 0 fully saturated rings. The lowest BCUT2D eigenvalue weighted by Gasteiger charge is -2.13. The molecule has 2 amide bonds. The van der Waals surface area contributed by atoms with Crippen molar-refractivity contribution in [1.29, 1.82) is 0 Å². The molecular formula is C45H45Cl3F6N7O19PS. The van der Waals surface area contributed by atoms with Gasteiger partial charge in [-0.05, 0) is 75.2 Å². The van der Waals surface area contributed by atoms with Gasteiger partial charge in [-0.15, -0.1) is 0 Å². The van der Waals surface area contributed by atoms with Gasteiger partial charge in [-0.1, -0.05) is 53.0 Å². The minimum absolute atomic E-state index is 0.0398. The molecule has 0 aliphatic heterocycles. The average Bonchev–Trinajstić information content (AvgIpc) is 3.59. The summed E-state index contributed by atoms with van der Waals surface area (Å²) in [5, 5.41) is 32.1. The second kappa shape index (κ2) is 31.5. The van der Waals surface area contributed by atoms with Crippen LogP contribution in [0.1, 0.15) is 57.9 Å². The van der Waals surface area contributed by atoms with Crippen molar-refractivity contribution in [3.05, 3.63) is 126 Å². The number of hydrogen-bond donors (Lipinski definition) is 7. The number of rotatable bonds is 19. The van der Waals surface area contributed by atoms with E-state index < -0.39 is 118 Å². The molecule has 7 N–H and O–H groups in total. The largest absolute Gasteiger partial charge is 0.494 e. The van der Waals surface area contributed by atoms with Gasteiger partial charge in [0.1, 0.15) is 28.5 Å². The Morgan fingerprint density at radius 1 is 0.866 bits per heavy atom. The molecule has 1 atom stereocenters. The van der Waals surface area contributed by atoms with Gasteiger partial charge >= 0.3 is 55.9 Å². The van der Waals surface area contributed by atoms with E-state index in [1.165, 1.54) is 58.4 Å². The number of aliphatic carboxylic acids is 1. The number of aromatic carboxylic acids is 1. The molecule has 82 heavy (non-hydrogen) atoms. The Labute approximate surface area is 474 Å². The van der Waals surface area contributed by atoms with Crippen molar-refractivity contribution in [1.82, 2.24) is 25.0 Å². The van der Waals surface area contributed by atoms with Crippen LogP contribution in [0.4, 0.5) is 42.8 Å². The van der Waals surface area contributed by atoms with Gasteiger partial charge in [-0.25, -0.2) is 32.3 Å². The van der Waals surface area contributed by atoms with E-state index in [1.54, 1.807) is 11.6 Å². The first kappa shape index (κ1) is 70.5. The number of carboxylic acid groups (broad SMARTS) is 2. The Morgan fingerprint density at radius 3 is 2.02 bits per heavy atom. The fraction of sp³-hybridized carbons (Fsp3) is 0.289. The molecule has 0 aliphatic rings. The van der Waals surface area contributed by atoms with E-state index >= 15 is 0 Å². The van der Waals surface area contributed by atoms with E-state index in [9.17, 15) is 73.4 Å². The summed E-state index contributed by atoms with van der Waals surface area (Å²) in [7, 11) is -5.90. The van der Waals surface area contributed by atoms with Gasteiger partial charge in [0.25, 0.3) is 15.7 Å². The molecule has 5 aromatic rings. The zero-order valence-corrected chi connectivity index (χ0v) is 46.5. The number of alkyl halides is 6. The van der Waals surface area contributed by atoms with Crippen LogP contribution in [0.5, 0.6) is 23.3 Å². The monoisotopic (exact) mass is 1270 g/mol. The number of aromatic nitrogens is 3. The Morgan fingerprint density at radius 2 is 1.50 bits per heavy atom. The lowest BCUT2D eigenvalue weighted by Crippen LogP contribution is -2.35. The Balaban J connectivity index is 0.000000409. The molecular weight excluding hydrogens is 1230 g/mol. The summed E-state index contributed by atoms with van der Waals surface area (Å²) < 4.78 is 137. The number of aryl methyl sites for hydroxylation is 2. The fourth-order valence-corrected chi connectivity index (χ4v) is 7.98. The summed E-state index contributed by atoms with van der Waals surface area (Å²) in [6, 6.07) is 12.1. The van der Waals surface area contributed by atoms with E-state index in [0.29, 0.717) is 6.07 Å². The lowest BCUT2D eigenvalue weighted by atomic mass is 10.1. The average molecular weight is 1270 g/mol. The number of urea groups is 1. The normalized spacial score (nSPS) is 11.5. The van der Waals surface area contributed by atoms with E-state index in [0.717, 1.165) is 36.4 Å². The Kier molecular flexibility index (Phi) is 27.1. The smallest absolute Gasteiger partial charge is 0.416 e. The molecule has 0 bridgehead atoms. The van der Waals surface area contributed by atoms with Crippen molar-refractivity contribution in [3.63, 3.8) is 0 Å². The topological polar surface area (TPSA) is 382 Å². The molecule has 0 saturated carbocycles. The maximum absolute atomic E-state index is 12.8. The highest BCUT2D eigenvalue weighted by Gasteiger charge is 2.32. The van der Waals surface area contributed by atoms with Crippen LogP contribution >= 0.6 is 42.4 Å². The summed E-state index contributed by atoms with van der Waals surface area (Å²) in [6.07, 6.45) is -12.7. The standard InChI is InChI=1S/C19H15ClF3NO7.C15H16F3N5O4S.C8H6Cl2O3.C3H8NO5P/c1-3-29-17(25)10(2)30-18(26)13-9-12(5-6-15(13)24(27)28)31-16-7-4-11(8-14(16)20)19(21,22)23;1-9-19-12(22-14(20-9)27-2)21-13(24)23-28(25,26)11-6-4-3-5-10(11)7-8-15(16,17)18;1-13-7-5(10)3-2-4(9)6(7)8(11)12;5-3(6)1-4-2-10(7,8)9/h4-10H,3H2,1-2H3;3-6H,7-8H2,1-2H3,(H2,19,20,21,22,23,24);2-3H,1H3,(H,11,12);4H,1-2H2,(H,5,6)(H2,7,8,9). The van der Waals surface area contributed by atoms with Gasteiger partial charge in [-0.2, -0.15) is 41.3 Å². The highest BCUT2D eigenvalue weighted by atomic mass is 35.5. The van der Waals surface area contributed by atoms with Crippen LogP contribution in [0.3, 0.4) is 0 Å². The summed E-state index contributed by atoms with van der Waals surface area (Å²) in [5.41, 5.74) is -2.35. The van der Waals surface area contributed by atoms with Crippen LogP contribution in [0.2, 0.25) is 15.1 Å². The second-order valence-electron chi connectivity index (χ2n) is 15.3. The molecule has 1 heterocycles. The number of esters is 2. The third kappa shape index (κ3) is 24.2. The van der Waals surface area contributed by atoms with Crippen molar-refractivity contribution in [3.8, 4) is 23.3 Å². The fourth-order valence-electron chi connectivity index (χ4n) is 5.72. The van der Waals surface area contributed by atoms with Crippen molar-refractivity contribution in [2.75, 3.05) is 39.0 Å². The SMILES string of the molecule is CCOC(=O)C(C)OC(=O)c1cc(Oc2ccc(C(F)(F)F)cc2Cl)ccc1[N+](=O)[O-].COc1c(Cl)ccc(Cl)c1C(=O)O.COc1nc(C)nc(NC(=O)NS(=O)(=O)c2ccccc2CCC(F)(F)F)n1.O=C(O)CNCP(=O)(O)O. The molecule has 0 radical (unpaired) electrons. The van der Waals surface area contributed by atoms with Crippen LogP contribution in [0.15, 0.2) is 77.7 Å². The molecule has 0 spiro atoms. The third-order valence-corrected chi connectivity index (χ3v) is 12.1. The third-order valence-electron chi connectivity index (χ3n) is 9.15. The van der Waals surface area contributed by atoms with Gasteiger partial charge < -0.3 is 43.7 Å². The number of ether oxygens (including phenoxy) is 5. The number of hydrogen-bond acceptors (Lipinski definition) is 19. The lowest BCUT2D eigenvalue weighted by molar-refractivity contribution is -0.385. The molecule has 448 valence electrons. The maximum atomic E-state index is 12.8. The molecule has 37 heteroatoms. The number of methoxy groups -OCH3 is 2. The van der Waals surface area contributed by atoms with Crippen molar-refractivity contribution in [2.24, 2.45) is 0 Å². The van der Waals surface area contributed by atoms with Crippen LogP contribution in [0.25, 0.3) is 0 Å². The maximum Gasteiger partial charge on any atom is 0.416 e. The van der Waals surface area contributed by atoms with E-state index in [2.05, 4.69) is 25.6 Å². The minimum Gasteiger partial charge on any atom is -0.494 e. The molecule has 26 nitrogen and oxygen atoms in total. The summed E-state index contributed by atoms with van der Waals surface area (Å²) in [6.45, 7) is 3.87. The van der Waals surface area contributed by atoms with Gasteiger partial charge in [0.05, 0.1) is 64.1 Å². The van der Waals surface area contributed by atoms with Gasteiger partial charge in [0.15, 0.2) is 11.9 Å². The number of carbonyl (C=O) groups is 5. The number of halogens is 9. The first-order valence-corrected chi connectivity index (χ1v) is 26.5.